The first-order valence-electron chi connectivity index (χ1n) is 6.90. The number of carbonyl (C=O) groups is 1. The van der Waals surface area contributed by atoms with Crippen molar-refractivity contribution in [3.8, 4) is 0 Å². The van der Waals surface area contributed by atoms with Crippen LogP contribution in [0.5, 0.6) is 0 Å². The standard InChI is InChI=1S/C16H28O2/c1-9-15(7)14(5,6)12(4)10-16(15,8)18-13(17)11(2)3/h12H,2,9-10H2,1,3-8H3. The Hall–Kier alpha value is -0.790. The van der Waals surface area contributed by atoms with Gasteiger partial charge in [0.1, 0.15) is 5.60 Å². The van der Waals surface area contributed by atoms with Crippen LogP contribution in [0.3, 0.4) is 0 Å². The Labute approximate surface area is 112 Å². The lowest BCUT2D eigenvalue weighted by Gasteiger charge is -2.47. The van der Waals surface area contributed by atoms with E-state index in [1.54, 1.807) is 6.92 Å². The molecule has 0 heterocycles. The lowest BCUT2D eigenvalue weighted by Crippen LogP contribution is -2.49. The summed E-state index contributed by atoms with van der Waals surface area (Å²) in [6.07, 6.45) is 1.92. The Balaban J connectivity index is 3.15. The maximum atomic E-state index is 11.9. The average Bonchev–Trinajstić information content (AvgIpc) is 2.38. The molecule has 1 saturated carbocycles. The Kier molecular flexibility index (Phi) is 3.73. The molecule has 0 aromatic heterocycles. The van der Waals surface area contributed by atoms with Crippen LogP contribution >= 0.6 is 0 Å². The first-order valence-corrected chi connectivity index (χ1v) is 6.90. The summed E-state index contributed by atoms with van der Waals surface area (Å²) >= 11 is 0. The third kappa shape index (κ3) is 1.90. The number of ether oxygens (including phenoxy) is 1. The predicted octanol–water partition coefficient (Wildman–Crippen LogP) is 4.35. The highest BCUT2D eigenvalue weighted by molar-refractivity contribution is 5.87. The summed E-state index contributed by atoms with van der Waals surface area (Å²) in [4.78, 5) is 11.9. The van der Waals surface area contributed by atoms with Gasteiger partial charge in [0.2, 0.25) is 0 Å². The SMILES string of the molecule is C=C(C)C(=O)OC1(C)CC(C)C(C)(C)C1(C)CC. The Morgan fingerprint density at radius 1 is 1.33 bits per heavy atom. The summed E-state index contributed by atoms with van der Waals surface area (Å²) in [5.41, 5.74) is 0.226. The molecule has 1 fully saturated rings. The van der Waals surface area contributed by atoms with E-state index in [0.717, 1.165) is 12.8 Å². The fourth-order valence-corrected chi connectivity index (χ4v) is 3.57. The molecule has 18 heavy (non-hydrogen) atoms. The maximum Gasteiger partial charge on any atom is 0.333 e. The van der Waals surface area contributed by atoms with Crippen LogP contribution in [0.1, 0.15) is 61.3 Å². The van der Waals surface area contributed by atoms with Crippen LogP contribution in [0.15, 0.2) is 12.2 Å². The van der Waals surface area contributed by atoms with Gasteiger partial charge in [0.05, 0.1) is 0 Å². The second-order valence-corrected chi connectivity index (χ2v) is 6.91. The molecule has 2 nitrogen and oxygen atoms in total. The van der Waals surface area contributed by atoms with Gasteiger partial charge in [-0.1, -0.05) is 41.2 Å². The van der Waals surface area contributed by atoms with E-state index in [-0.39, 0.29) is 16.8 Å². The van der Waals surface area contributed by atoms with E-state index in [2.05, 4.69) is 48.1 Å². The van der Waals surface area contributed by atoms with Crippen molar-refractivity contribution in [1.29, 1.82) is 0 Å². The van der Waals surface area contributed by atoms with Crippen molar-refractivity contribution < 1.29 is 9.53 Å². The molecule has 0 aromatic rings. The third-order valence-corrected chi connectivity index (χ3v) is 5.89. The Bertz CT molecular complexity index is 369. The molecule has 1 rings (SSSR count). The van der Waals surface area contributed by atoms with E-state index < -0.39 is 5.60 Å². The fourth-order valence-electron chi connectivity index (χ4n) is 3.57. The topological polar surface area (TPSA) is 26.3 Å². The Morgan fingerprint density at radius 2 is 1.83 bits per heavy atom. The van der Waals surface area contributed by atoms with Gasteiger partial charge in [-0.2, -0.15) is 0 Å². The van der Waals surface area contributed by atoms with E-state index in [1.807, 2.05) is 0 Å². The van der Waals surface area contributed by atoms with Gasteiger partial charge in [-0.15, -0.1) is 0 Å². The van der Waals surface area contributed by atoms with Crippen LogP contribution in [0.25, 0.3) is 0 Å². The molecule has 0 bridgehead atoms. The second kappa shape index (κ2) is 4.40. The molecule has 0 N–H and O–H groups in total. The molecule has 1 aliphatic carbocycles. The van der Waals surface area contributed by atoms with E-state index in [0.29, 0.717) is 11.5 Å². The van der Waals surface area contributed by atoms with E-state index >= 15 is 0 Å². The molecule has 0 aliphatic heterocycles. The van der Waals surface area contributed by atoms with Gasteiger partial charge in [-0.05, 0) is 38.0 Å². The van der Waals surface area contributed by atoms with Gasteiger partial charge in [-0.3, -0.25) is 0 Å². The van der Waals surface area contributed by atoms with E-state index in [1.165, 1.54) is 0 Å². The molecule has 3 unspecified atom stereocenters. The fraction of sp³-hybridized carbons (Fsp3) is 0.812. The molecular weight excluding hydrogens is 224 g/mol. The van der Waals surface area contributed by atoms with Crippen LogP contribution in [0.4, 0.5) is 0 Å². The van der Waals surface area contributed by atoms with Crippen molar-refractivity contribution >= 4 is 5.97 Å². The third-order valence-electron chi connectivity index (χ3n) is 5.89. The summed E-state index contributed by atoms with van der Waals surface area (Å²) in [6.45, 7) is 18.8. The summed E-state index contributed by atoms with van der Waals surface area (Å²) in [5, 5.41) is 0. The highest BCUT2D eigenvalue weighted by Crippen LogP contribution is 2.63. The average molecular weight is 252 g/mol. The minimum Gasteiger partial charge on any atom is -0.455 e. The quantitative estimate of drug-likeness (QED) is 0.551. The number of hydrogen-bond donors (Lipinski definition) is 0. The summed E-state index contributed by atoms with van der Waals surface area (Å²) in [5.74, 6) is 0.271. The first kappa shape index (κ1) is 15.3. The van der Waals surface area contributed by atoms with Crippen LogP contribution in [-0.2, 0) is 9.53 Å². The lowest BCUT2D eigenvalue weighted by molar-refractivity contribution is -0.170. The van der Waals surface area contributed by atoms with Crippen LogP contribution < -0.4 is 0 Å². The van der Waals surface area contributed by atoms with Gasteiger partial charge in [0.15, 0.2) is 0 Å². The van der Waals surface area contributed by atoms with E-state index in [4.69, 9.17) is 4.74 Å². The number of esters is 1. The molecule has 0 saturated heterocycles. The van der Waals surface area contributed by atoms with Crippen LogP contribution in [-0.4, -0.2) is 11.6 Å². The summed E-state index contributed by atoms with van der Waals surface area (Å²) in [7, 11) is 0. The second-order valence-electron chi connectivity index (χ2n) is 6.91. The number of rotatable bonds is 3. The van der Waals surface area contributed by atoms with E-state index in [9.17, 15) is 4.79 Å². The van der Waals surface area contributed by atoms with Gasteiger partial charge < -0.3 is 4.74 Å². The molecule has 2 heteroatoms. The van der Waals surface area contributed by atoms with Crippen LogP contribution in [0.2, 0.25) is 0 Å². The maximum absolute atomic E-state index is 11.9. The van der Waals surface area contributed by atoms with Crippen molar-refractivity contribution in [2.45, 2.75) is 66.9 Å². The predicted molar refractivity (Wildman–Crippen MR) is 75.3 cm³/mol. The molecule has 0 amide bonds. The van der Waals surface area contributed by atoms with Gasteiger partial charge in [0.25, 0.3) is 0 Å². The largest absolute Gasteiger partial charge is 0.455 e. The molecular formula is C16H28O2. The minimum atomic E-state index is -0.402. The zero-order chi connectivity index (χ0) is 14.4. The monoisotopic (exact) mass is 252 g/mol. The molecule has 0 radical (unpaired) electrons. The molecule has 1 aliphatic rings. The van der Waals surface area contributed by atoms with Gasteiger partial charge >= 0.3 is 5.97 Å². The van der Waals surface area contributed by atoms with Crippen molar-refractivity contribution in [2.75, 3.05) is 0 Å². The first-order chi connectivity index (χ1) is 8.02. The zero-order valence-electron chi connectivity index (χ0n) is 13.0. The van der Waals surface area contributed by atoms with Gasteiger partial charge in [-0.25, -0.2) is 4.79 Å². The summed E-state index contributed by atoms with van der Waals surface area (Å²) in [6, 6.07) is 0. The number of hydrogen-bond acceptors (Lipinski definition) is 2. The lowest BCUT2D eigenvalue weighted by atomic mass is 9.61. The highest BCUT2D eigenvalue weighted by Gasteiger charge is 2.63. The van der Waals surface area contributed by atoms with Crippen LogP contribution in [0, 0.1) is 16.7 Å². The Morgan fingerprint density at radius 3 is 2.22 bits per heavy atom. The smallest absolute Gasteiger partial charge is 0.333 e. The normalized spacial score (nSPS) is 38.5. The van der Waals surface area contributed by atoms with Gasteiger partial charge in [0, 0.05) is 11.0 Å². The van der Waals surface area contributed by atoms with Crippen molar-refractivity contribution in [3.05, 3.63) is 12.2 Å². The minimum absolute atomic E-state index is 0.00940. The van der Waals surface area contributed by atoms with Crippen molar-refractivity contribution in [3.63, 3.8) is 0 Å². The highest BCUT2D eigenvalue weighted by atomic mass is 16.6. The summed E-state index contributed by atoms with van der Waals surface area (Å²) < 4.78 is 5.83. The molecule has 0 spiro atoms. The van der Waals surface area contributed by atoms with Crippen molar-refractivity contribution in [2.24, 2.45) is 16.7 Å². The molecule has 0 aromatic carbocycles. The molecule has 104 valence electrons. The number of carbonyl (C=O) groups excluding carboxylic acids is 1. The molecule has 3 atom stereocenters. The van der Waals surface area contributed by atoms with Crippen molar-refractivity contribution in [1.82, 2.24) is 0 Å². The zero-order valence-corrected chi connectivity index (χ0v) is 13.0.